The number of carbonyl (C=O) groups is 1. The summed E-state index contributed by atoms with van der Waals surface area (Å²) in [6.45, 7) is 3.15. The second kappa shape index (κ2) is 9.33. The summed E-state index contributed by atoms with van der Waals surface area (Å²) in [6.07, 6.45) is 6.30. The minimum Gasteiger partial charge on any atom is -0.352 e. The topological polar surface area (TPSA) is 45.2 Å². The second-order valence-electron chi connectivity index (χ2n) is 6.76. The summed E-state index contributed by atoms with van der Waals surface area (Å²) in [7, 11) is 0. The Kier molecular flexibility index (Phi) is 6.57. The molecule has 1 fully saturated rings. The minimum absolute atomic E-state index is 0.139. The van der Waals surface area contributed by atoms with Crippen molar-refractivity contribution in [1.29, 1.82) is 0 Å². The van der Waals surface area contributed by atoms with Crippen LogP contribution in [-0.4, -0.2) is 41.5 Å². The molecule has 1 aromatic carbocycles. The normalized spacial score (nSPS) is 18.0. The Labute approximate surface area is 150 Å². The molecular weight excluding hydrogens is 310 g/mol. The highest BCUT2D eigenvalue weighted by molar-refractivity contribution is 5.76. The van der Waals surface area contributed by atoms with Gasteiger partial charge in [0, 0.05) is 37.4 Å². The summed E-state index contributed by atoms with van der Waals surface area (Å²) in [4.78, 5) is 19.0. The van der Waals surface area contributed by atoms with E-state index in [1.54, 1.807) is 6.20 Å². The second-order valence-corrected chi connectivity index (χ2v) is 6.76. The summed E-state index contributed by atoms with van der Waals surface area (Å²) >= 11 is 0. The molecule has 0 radical (unpaired) electrons. The van der Waals surface area contributed by atoms with Gasteiger partial charge in [-0.15, -0.1) is 0 Å². The number of hydrogen-bond acceptors (Lipinski definition) is 3. The summed E-state index contributed by atoms with van der Waals surface area (Å²) in [6, 6.07) is 16.7. The van der Waals surface area contributed by atoms with E-state index in [2.05, 4.69) is 45.5 Å². The molecule has 1 aliphatic heterocycles. The van der Waals surface area contributed by atoms with Crippen LogP contribution in [0.5, 0.6) is 0 Å². The van der Waals surface area contributed by atoms with Crippen LogP contribution >= 0.6 is 0 Å². The Morgan fingerprint density at radius 2 is 1.96 bits per heavy atom. The first-order chi connectivity index (χ1) is 12.3. The molecule has 0 bridgehead atoms. The van der Waals surface area contributed by atoms with Crippen LogP contribution in [0.3, 0.4) is 0 Å². The first-order valence-electron chi connectivity index (χ1n) is 9.25. The third-order valence-corrected chi connectivity index (χ3v) is 4.76. The number of amides is 1. The molecule has 1 saturated heterocycles. The van der Waals surface area contributed by atoms with E-state index in [0.29, 0.717) is 12.8 Å². The van der Waals surface area contributed by atoms with Gasteiger partial charge < -0.3 is 10.2 Å². The van der Waals surface area contributed by atoms with Crippen molar-refractivity contribution in [2.75, 3.05) is 19.6 Å². The number of piperidine rings is 1. The molecule has 4 nitrogen and oxygen atoms in total. The van der Waals surface area contributed by atoms with Crippen molar-refractivity contribution in [3.63, 3.8) is 0 Å². The lowest BCUT2D eigenvalue weighted by Crippen LogP contribution is -2.48. The maximum atomic E-state index is 12.2. The van der Waals surface area contributed by atoms with Crippen LogP contribution < -0.4 is 5.32 Å². The molecule has 0 unspecified atom stereocenters. The van der Waals surface area contributed by atoms with Gasteiger partial charge in [0.15, 0.2) is 0 Å². The van der Waals surface area contributed by atoms with Crippen LogP contribution in [0.25, 0.3) is 0 Å². The highest BCUT2D eigenvalue weighted by Gasteiger charge is 2.21. The van der Waals surface area contributed by atoms with E-state index in [4.69, 9.17) is 0 Å². The van der Waals surface area contributed by atoms with Gasteiger partial charge in [0.25, 0.3) is 0 Å². The van der Waals surface area contributed by atoms with Crippen molar-refractivity contribution in [2.24, 2.45) is 0 Å². The molecule has 4 heteroatoms. The Morgan fingerprint density at radius 1 is 1.12 bits per heavy atom. The zero-order valence-corrected chi connectivity index (χ0v) is 14.7. The molecule has 0 spiro atoms. The van der Waals surface area contributed by atoms with Gasteiger partial charge in [0.1, 0.15) is 0 Å². The molecule has 1 amide bonds. The molecule has 1 aromatic heterocycles. The van der Waals surface area contributed by atoms with Gasteiger partial charge in [0.2, 0.25) is 5.91 Å². The smallest absolute Gasteiger partial charge is 0.220 e. The van der Waals surface area contributed by atoms with Gasteiger partial charge in [0.05, 0.1) is 0 Å². The summed E-state index contributed by atoms with van der Waals surface area (Å²) < 4.78 is 0. The quantitative estimate of drug-likeness (QED) is 0.845. The number of likely N-dealkylation sites (tertiary alicyclic amines) is 1. The average molecular weight is 337 g/mol. The zero-order valence-electron chi connectivity index (χ0n) is 14.7. The number of nitrogens with one attached hydrogen (secondary N) is 1. The van der Waals surface area contributed by atoms with Crippen LogP contribution in [0.2, 0.25) is 0 Å². The molecule has 0 aliphatic carbocycles. The van der Waals surface area contributed by atoms with Crippen LogP contribution in [0, 0.1) is 0 Å². The lowest BCUT2D eigenvalue weighted by atomic mass is 10.0. The monoisotopic (exact) mass is 337 g/mol. The minimum atomic E-state index is 0.139. The van der Waals surface area contributed by atoms with Crippen molar-refractivity contribution in [3.05, 3.63) is 66.0 Å². The van der Waals surface area contributed by atoms with Gasteiger partial charge >= 0.3 is 0 Å². The maximum Gasteiger partial charge on any atom is 0.220 e. The number of nitrogens with zero attached hydrogens (tertiary/aromatic N) is 2. The van der Waals surface area contributed by atoms with Crippen molar-refractivity contribution in [3.8, 4) is 0 Å². The van der Waals surface area contributed by atoms with Gasteiger partial charge in [-0.1, -0.05) is 36.4 Å². The Balaban J connectivity index is 1.39. The molecular formula is C21H27N3O. The van der Waals surface area contributed by atoms with Crippen LogP contribution in [0.1, 0.15) is 30.5 Å². The third-order valence-electron chi connectivity index (χ3n) is 4.76. The number of pyridine rings is 1. The standard InChI is InChI=1S/C21H27N3O/c25-21(12-11-19-9-4-5-14-22-19)23-20-10-6-15-24(17-20)16-13-18-7-2-1-3-8-18/h1-5,7-9,14,20H,6,10-13,15-17H2,(H,23,25)/t20-/m1/s1. The van der Waals surface area contributed by atoms with E-state index in [9.17, 15) is 4.79 Å². The predicted octanol–water partition coefficient (Wildman–Crippen LogP) is 2.84. The molecule has 2 heterocycles. The molecule has 1 N–H and O–H groups in total. The molecule has 25 heavy (non-hydrogen) atoms. The maximum absolute atomic E-state index is 12.2. The van der Waals surface area contributed by atoms with Crippen molar-refractivity contribution >= 4 is 5.91 Å². The molecule has 1 atom stereocenters. The van der Waals surface area contributed by atoms with Crippen LogP contribution in [0.15, 0.2) is 54.7 Å². The molecule has 0 saturated carbocycles. The average Bonchev–Trinajstić information content (AvgIpc) is 2.67. The lowest BCUT2D eigenvalue weighted by Gasteiger charge is -2.33. The molecule has 2 aromatic rings. The van der Waals surface area contributed by atoms with Crippen molar-refractivity contribution in [2.45, 2.75) is 38.1 Å². The molecule has 132 valence electrons. The van der Waals surface area contributed by atoms with Gasteiger partial charge in [-0.05, 0) is 49.9 Å². The fourth-order valence-electron chi connectivity index (χ4n) is 3.40. The van der Waals surface area contributed by atoms with E-state index in [0.717, 1.165) is 44.6 Å². The van der Waals surface area contributed by atoms with E-state index < -0.39 is 0 Å². The Morgan fingerprint density at radius 3 is 2.76 bits per heavy atom. The number of aryl methyl sites for hydroxylation is 1. The number of benzene rings is 1. The number of hydrogen-bond donors (Lipinski definition) is 1. The number of rotatable bonds is 7. The van der Waals surface area contributed by atoms with Crippen LogP contribution in [-0.2, 0) is 17.6 Å². The molecule has 3 rings (SSSR count). The highest BCUT2D eigenvalue weighted by atomic mass is 16.1. The van der Waals surface area contributed by atoms with Gasteiger partial charge in [-0.25, -0.2) is 0 Å². The highest BCUT2D eigenvalue weighted by Crippen LogP contribution is 2.12. The van der Waals surface area contributed by atoms with Gasteiger partial charge in [-0.3, -0.25) is 9.78 Å². The van der Waals surface area contributed by atoms with E-state index >= 15 is 0 Å². The number of carbonyl (C=O) groups excluding carboxylic acids is 1. The Bertz CT molecular complexity index is 645. The first kappa shape index (κ1) is 17.6. The van der Waals surface area contributed by atoms with E-state index in [-0.39, 0.29) is 11.9 Å². The summed E-state index contributed by atoms with van der Waals surface area (Å²) in [5.41, 5.74) is 2.36. The summed E-state index contributed by atoms with van der Waals surface area (Å²) in [5, 5.41) is 3.21. The van der Waals surface area contributed by atoms with Crippen molar-refractivity contribution in [1.82, 2.24) is 15.2 Å². The fraction of sp³-hybridized carbons (Fsp3) is 0.429. The Hall–Kier alpha value is -2.20. The number of aromatic nitrogens is 1. The third kappa shape index (κ3) is 5.98. The SMILES string of the molecule is O=C(CCc1ccccn1)N[C@@H]1CCCN(CCc2ccccc2)C1. The van der Waals surface area contributed by atoms with Gasteiger partial charge in [-0.2, -0.15) is 0 Å². The zero-order chi connectivity index (χ0) is 17.3. The lowest BCUT2D eigenvalue weighted by molar-refractivity contribution is -0.122. The largest absolute Gasteiger partial charge is 0.352 e. The van der Waals surface area contributed by atoms with E-state index in [1.165, 1.54) is 5.56 Å². The summed E-state index contributed by atoms with van der Waals surface area (Å²) in [5.74, 6) is 0.139. The van der Waals surface area contributed by atoms with Crippen molar-refractivity contribution < 1.29 is 4.79 Å². The fourth-order valence-corrected chi connectivity index (χ4v) is 3.40. The first-order valence-corrected chi connectivity index (χ1v) is 9.25. The molecule has 1 aliphatic rings. The van der Waals surface area contributed by atoms with E-state index in [1.807, 2.05) is 18.2 Å². The van der Waals surface area contributed by atoms with Crippen LogP contribution in [0.4, 0.5) is 0 Å². The predicted molar refractivity (Wildman–Crippen MR) is 100 cm³/mol.